The summed E-state index contributed by atoms with van der Waals surface area (Å²) in [6.07, 6.45) is 2.45. The van der Waals surface area contributed by atoms with Crippen LogP contribution in [0, 0.1) is 5.92 Å². The third kappa shape index (κ3) is 1.38. The van der Waals surface area contributed by atoms with Crippen molar-refractivity contribution < 1.29 is 9.90 Å². The Morgan fingerprint density at radius 2 is 2.29 bits per heavy atom. The van der Waals surface area contributed by atoms with Crippen molar-refractivity contribution in [1.82, 2.24) is 4.90 Å². The summed E-state index contributed by atoms with van der Waals surface area (Å²) < 4.78 is 0. The zero-order chi connectivity index (χ0) is 10.3. The van der Waals surface area contributed by atoms with Gasteiger partial charge in [0.1, 0.15) is 0 Å². The maximum atomic E-state index is 10.9. The molecule has 1 saturated carbocycles. The van der Waals surface area contributed by atoms with Gasteiger partial charge in [0, 0.05) is 7.05 Å². The second-order valence-corrected chi connectivity index (χ2v) is 4.27. The summed E-state index contributed by atoms with van der Waals surface area (Å²) in [5.41, 5.74) is 0. The van der Waals surface area contributed by atoms with Gasteiger partial charge < -0.3 is 10.0 Å². The monoisotopic (exact) mass is 196 g/mol. The lowest BCUT2D eigenvalue weighted by molar-refractivity contribution is -0.143. The Kier molecular flexibility index (Phi) is 2.21. The van der Waals surface area contributed by atoms with Gasteiger partial charge in [-0.15, -0.1) is 0 Å². The maximum Gasteiger partial charge on any atom is 0.306 e. The van der Waals surface area contributed by atoms with Crippen molar-refractivity contribution in [2.75, 3.05) is 7.05 Å². The smallest absolute Gasteiger partial charge is 0.306 e. The third-order valence-corrected chi connectivity index (χ3v) is 3.49. The highest BCUT2D eigenvalue weighted by Crippen LogP contribution is 2.33. The topological polar surface area (TPSA) is 52.9 Å². The summed E-state index contributed by atoms with van der Waals surface area (Å²) in [4.78, 5) is 17.5. The van der Waals surface area contributed by atoms with Crippen LogP contribution >= 0.6 is 0 Å². The molecule has 4 nitrogen and oxygen atoms in total. The van der Waals surface area contributed by atoms with Crippen LogP contribution in [0.5, 0.6) is 0 Å². The van der Waals surface area contributed by atoms with Gasteiger partial charge in [0.05, 0.1) is 23.8 Å². The molecule has 2 rings (SSSR count). The van der Waals surface area contributed by atoms with E-state index in [1.807, 2.05) is 14.0 Å². The highest BCUT2D eigenvalue weighted by atomic mass is 16.4. The number of amidine groups is 1. The molecule has 0 spiro atoms. The van der Waals surface area contributed by atoms with E-state index in [9.17, 15) is 4.79 Å². The zero-order valence-electron chi connectivity index (χ0n) is 8.60. The molecule has 0 aromatic carbocycles. The van der Waals surface area contributed by atoms with E-state index in [-0.39, 0.29) is 5.92 Å². The minimum Gasteiger partial charge on any atom is -0.481 e. The predicted molar refractivity (Wildman–Crippen MR) is 53.4 cm³/mol. The Balaban J connectivity index is 2.08. The van der Waals surface area contributed by atoms with E-state index >= 15 is 0 Å². The number of rotatable bonds is 1. The Labute approximate surface area is 83.6 Å². The fourth-order valence-corrected chi connectivity index (χ4v) is 2.49. The summed E-state index contributed by atoms with van der Waals surface area (Å²) in [6, 6.07) is 0.667. The summed E-state index contributed by atoms with van der Waals surface area (Å²) in [5, 5.41) is 8.95. The van der Waals surface area contributed by atoms with Crippen LogP contribution in [0.3, 0.4) is 0 Å². The van der Waals surface area contributed by atoms with Crippen LogP contribution in [0.1, 0.15) is 26.2 Å². The van der Waals surface area contributed by atoms with Gasteiger partial charge in [-0.3, -0.25) is 9.79 Å². The molecule has 1 aliphatic carbocycles. The molecule has 2 aliphatic rings. The fraction of sp³-hybridized carbons (Fsp3) is 0.800. The number of carbonyl (C=O) groups is 1. The lowest BCUT2D eigenvalue weighted by Gasteiger charge is -2.32. The van der Waals surface area contributed by atoms with Crippen LogP contribution in [-0.4, -0.2) is 40.9 Å². The minimum absolute atomic E-state index is 0.167. The molecule has 3 atom stereocenters. The van der Waals surface area contributed by atoms with Crippen molar-refractivity contribution in [3.63, 3.8) is 0 Å². The van der Waals surface area contributed by atoms with Gasteiger partial charge in [-0.2, -0.15) is 0 Å². The molecular weight excluding hydrogens is 180 g/mol. The van der Waals surface area contributed by atoms with E-state index in [0.29, 0.717) is 12.1 Å². The summed E-state index contributed by atoms with van der Waals surface area (Å²) in [7, 11) is 2.01. The Morgan fingerprint density at radius 1 is 1.57 bits per heavy atom. The first-order valence-electron chi connectivity index (χ1n) is 5.09. The first-order valence-corrected chi connectivity index (χ1v) is 5.09. The predicted octanol–water partition coefficient (Wildman–Crippen LogP) is 0.972. The average Bonchev–Trinajstić information content (AvgIpc) is 2.43. The van der Waals surface area contributed by atoms with Gasteiger partial charge in [-0.05, 0) is 26.2 Å². The highest BCUT2D eigenvalue weighted by Gasteiger charge is 2.39. The third-order valence-electron chi connectivity index (χ3n) is 3.49. The molecule has 4 heteroatoms. The lowest BCUT2D eigenvalue weighted by atomic mass is 9.83. The molecular formula is C10H16N2O2. The first kappa shape index (κ1) is 9.49. The van der Waals surface area contributed by atoms with Crippen molar-refractivity contribution in [2.45, 2.75) is 38.3 Å². The molecule has 0 bridgehead atoms. The number of nitrogens with zero attached hydrogens (tertiary/aromatic N) is 2. The zero-order valence-corrected chi connectivity index (χ0v) is 8.60. The van der Waals surface area contributed by atoms with Gasteiger partial charge in [0.25, 0.3) is 0 Å². The number of carboxylic acids is 1. The normalized spacial score (nSPS) is 36.6. The number of carboxylic acid groups (broad SMARTS) is 1. The molecule has 0 saturated heterocycles. The molecule has 1 N–H and O–H groups in total. The lowest BCUT2D eigenvalue weighted by Crippen LogP contribution is -2.42. The Bertz CT molecular complexity index is 288. The molecule has 3 unspecified atom stereocenters. The van der Waals surface area contributed by atoms with Crippen LogP contribution in [0.4, 0.5) is 0 Å². The SMILES string of the molecule is CC1=NC2CCC(C(=O)O)CC2N1C. The number of likely N-dealkylation sites (N-methyl/N-ethyl adjacent to an activating group) is 1. The van der Waals surface area contributed by atoms with Crippen molar-refractivity contribution in [2.24, 2.45) is 10.9 Å². The van der Waals surface area contributed by atoms with E-state index in [1.54, 1.807) is 0 Å². The molecule has 0 aromatic heterocycles. The molecule has 1 aliphatic heterocycles. The molecule has 0 radical (unpaired) electrons. The molecule has 14 heavy (non-hydrogen) atoms. The highest BCUT2D eigenvalue weighted by molar-refractivity contribution is 5.82. The fourth-order valence-electron chi connectivity index (χ4n) is 2.49. The van der Waals surface area contributed by atoms with Crippen molar-refractivity contribution >= 4 is 11.8 Å². The van der Waals surface area contributed by atoms with Gasteiger partial charge >= 0.3 is 5.97 Å². The van der Waals surface area contributed by atoms with Crippen LogP contribution in [0.25, 0.3) is 0 Å². The van der Waals surface area contributed by atoms with Crippen LogP contribution in [0.2, 0.25) is 0 Å². The number of aliphatic imine (C=N–C) groups is 1. The Hall–Kier alpha value is -1.06. The standard InChI is InChI=1S/C10H16N2O2/c1-6-11-8-4-3-7(10(13)14)5-9(8)12(6)2/h7-9H,3-5H2,1-2H3,(H,13,14). The number of hydrogen-bond donors (Lipinski definition) is 1. The summed E-state index contributed by atoms with van der Waals surface area (Å²) in [6.45, 7) is 1.99. The molecule has 1 fully saturated rings. The van der Waals surface area contributed by atoms with Gasteiger partial charge in [0.2, 0.25) is 0 Å². The molecule has 0 aromatic rings. The first-order chi connectivity index (χ1) is 6.59. The van der Waals surface area contributed by atoms with Gasteiger partial charge in [-0.25, -0.2) is 0 Å². The second kappa shape index (κ2) is 3.26. The van der Waals surface area contributed by atoms with E-state index in [2.05, 4.69) is 9.89 Å². The number of hydrogen-bond acceptors (Lipinski definition) is 3. The van der Waals surface area contributed by atoms with E-state index in [1.165, 1.54) is 0 Å². The quantitative estimate of drug-likeness (QED) is 0.680. The van der Waals surface area contributed by atoms with E-state index < -0.39 is 5.97 Å². The summed E-state index contributed by atoms with van der Waals surface area (Å²) >= 11 is 0. The second-order valence-electron chi connectivity index (χ2n) is 4.27. The van der Waals surface area contributed by atoms with E-state index in [0.717, 1.165) is 25.1 Å². The van der Waals surface area contributed by atoms with Gasteiger partial charge in [-0.1, -0.05) is 0 Å². The Morgan fingerprint density at radius 3 is 2.93 bits per heavy atom. The minimum atomic E-state index is -0.651. The molecule has 1 heterocycles. The summed E-state index contributed by atoms with van der Waals surface area (Å²) in [5.74, 6) is 0.229. The molecule has 0 amide bonds. The van der Waals surface area contributed by atoms with Crippen LogP contribution < -0.4 is 0 Å². The van der Waals surface area contributed by atoms with Crippen molar-refractivity contribution in [3.8, 4) is 0 Å². The molecule has 78 valence electrons. The number of aliphatic carboxylic acids is 1. The van der Waals surface area contributed by atoms with Crippen molar-refractivity contribution in [3.05, 3.63) is 0 Å². The van der Waals surface area contributed by atoms with Crippen LogP contribution in [-0.2, 0) is 4.79 Å². The van der Waals surface area contributed by atoms with Crippen molar-refractivity contribution in [1.29, 1.82) is 0 Å². The van der Waals surface area contributed by atoms with Crippen LogP contribution in [0.15, 0.2) is 4.99 Å². The largest absolute Gasteiger partial charge is 0.481 e. The maximum absolute atomic E-state index is 10.9. The van der Waals surface area contributed by atoms with E-state index in [4.69, 9.17) is 5.11 Å². The van der Waals surface area contributed by atoms with Gasteiger partial charge in [0.15, 0.2) is 0 Å². The number of fused-ring (bicyclic) bond motifs is 1. The average molecular weight is 196 g/mol.